The van der Waals surface area contributed by atoms with Gasteiger partial charge in [0.25, 0.3) is 0 Å². The largest absolute Gasteiger partial charge is 0.386 e. The third-order valence-electron chi connectivity index (χ3n) is 4.41. The fourth-order valence-electron chi connectivity index (χ4n) is 3.13. The van der Waals surface area contributed by atoms with E-state index in [4.69, 9.17) is 11.1 Å². The lowest BCUT2D eigenvalue weighted by Crippen LogP contribution is -2.52. The van der Waals surface area contributed by atoms with E-state index in [1.807, 2.05) is 9.80 Å². The van der Waals surface area contributed by atoms with Crippen molar-refractivity contribution in [2.24, 2.45) is 11.7 Å². The van der Waals surface area contributed by atoms with Gasteiger partial charge in [-0.05, 0) is 31.6 Å². The molecule has 0 atom stereocenters. The molecule has 2 aliphatic rings. The second-order valence-electron chi connectivity index (χ2n) is 6.04. The maximum absolute atomic E-state index is 12.6. The van der Waals surface area contributed by atoms with Gasteiger partial charge in [-0.3, -0.25) is 5.41 Å². The van der Waals surface area contributed by atoms with Gasteiger partial charge < -0.3 is 15.5 Å². The number of hydrogen-bond acceptors (Lipinski definition) is 2. The molecule has 1 heterocycles. The van der Waals surface area contributed by atoms with Crippen LogP contribution in [0.2, 0.25) is 0 Å². The fraction of sp³-hybridized carbons (Fsp3) is 0.857. The van der Waals surface area contributed by atoms with E-state index in [0.29, 0.717) is 0 Å². The van der Waals surface area contributed by atoms with Gasteiger partial charge >= 0.3 is 6.03 Å². The zero-order valence-electron chi connectivity index (χ0n) is 11.9. The number of nitrogens with zero attached hydrogens (tertiary/aromatic N) is 2. The molecule has 19 heavy (non-hydrogen) atoms. The minimum Gasteiger partial charge on any atom is -0.386 e. The number of urea groups is 1. The summed E-state index contributed by atoms with van der Waals surface area (Å²) < 4.78 is 0. The summed E-state index contributed by atoms with van der Waals surface area (Å²) >= 11 is 0. The van der Waals surface area contributed by atoms with Gasteiger partial charge in [-0.15, -0.1) is 0 Å². The van der Waals surface area contributed by atoms with E-state index in [9.17, 15) is 4.79 Å². The molecule has 5 heteroatoms. The van der Waals surface area contributed by atoms with Gasteiger partial charge in [-0.25, -0.2) is 4.79 Å². The number of piperidine rings is 1. The van der Waals surface area contributed by atoms with Crippen molar-refractivity contribution < 1.29 is 4.79 Å². The van der Waals surface area contributed by atoms with Gasteiger partial charge in [0.15, 0.2) is 0 Å². The Morgan fingerprint density at radius 2 is 1.84 bits per heavy atom. The molecule has 0 aromatic rings. The molecule has 2 fully saturated rings. The molecule has 0 radical (unpaired) electrons. The van der Waals surface area contributed by atoms with Crippen molar-refractivity contribution in [2.45, 2.75) is 51.5 Å². The molecule has 0 aromatic carbocycles. The smallest absolute Gasteiger partial charge is 0.320 e. The maximum atomic E-state index is 12.6. The van der Waals surface area contributed by atoms with E-state index in [0.717, 1.165) is 44.7 Å². The van der Waals surface area contributed by atoms with Crippen molar-refractivity contribution >= 4 is 11.9 Å². The number of rotatable bonds is 3. The summed E-state index contributed by atoms with van der Waals surface area (Å²) in [5.74, 6) is 0.808. The molecule has 1 aliphatic heterocycles. The lowest BCUT2D eigenvalue weighted by atomic mass is 9.99. The predicted octanol–water partition coefficient (Wildman–Crippen LogP) is 2.02. The summed E-state index contributed by atoms with van der Waals surface area (Å²) in [5, 5.41) is 7.49. The second-order valence-corrected chi connectivity index (χ2v) is 6.04. The van der Waals surface area contributed by atoms with E-state index in [2.05, 4.69) is 6.92 Å². The van der Waals surface area contributed by atoms with Crippen LogP contribution in [-0.2, 0) is 0 Å². The van der Waals surface area contributed by atoms with E-state index in [1.165, 1.54) is 12.8 Å². The summed E-state index contributed by atoms with van der Waals surface area (Å²) in [6.45, 7) is 4.23. The third kappa shape index (κ3) is 3.61. The van der Waals surface area contributed by atoms with Crippen LogP contribution in [0.4, 0.5) is 4.79 Å². The van der Waals surface area contributed by atoms with Crippen LogP contribution in [-0.4, -0.2) is 47.3 Å². The molecule has 2 rings (SSSR count). The third-order valence-corrected chi connectivity index (χ3v) is 4.41. The molecule has 0 spiro atoms. The number of nitrogens with one attached hydrogen (secondary N) is 1. The molecule has 3 N–H and O–H groups in total. The topological polar surface area (TPSA) is 73.4 Å². The Balaban J connectivity index is 2.00. The standard InChI is InChI=1S/C14H26N4O/c1-11-6-8-17(9-7-11)14(19)18(10-13(15)16)12-4-2-3-5-12/h11-12H,2-10H2,1H3,(H3,15,16). The van der Waals surface area contributed by atoms with Crippen LogP contribution in [0.5, 0.6) is 0 Å². The van der Waals surface area contributed by atoms with Crippen LogP contribution in [0.3, 0.4) is 0 Å². The molecular weight excluding hydrogens is 240 g/mol. The van der Waals surface area contributed by atoms with E-state index < -0.39 is 0 Å². The lowest BCUT2D eigenvalue weighted by Gasteiger charge is -2.37. The first-order chi connectivity index (χ1) is 9.08. The first-order valence-electron chi connectivity index (χ1n) is 7.46. The molecule has 1 aliphatic carbocycles. The Kier molecular flexibility index (Phi) is 4.66. The van der Waals surface area contributed by atoms with Crippen molar-refractivity contribution in [1.29, 1.82) is 5.41 Å². The van der Waals surface area contributed by atoms with Crippen LogP contribution in [0.15, 0.2) is 0 Å². The molecule has 0 bridgehead atoms. The SMILES string of the molecule is CC1CCN(C(=O)N(CC(=N)N)C2CCCC2)CC1. The fourth-order valence-corrected chi connectivity index (χ4v) is 3.13. The first kappa shape index (κ1) is 14.2. The predicted molar refractivity (Wildman–Crippen MR) is 76.2 cm³/mol. The summed E-state index contributed by atoms with van der Waals surface area (Å²) in [6.07, 6.45) is 6.66. The minimum absolute atomic E-state index is 0.0885. The van der Waals surface area contributed by atoms with Gasteiger partial charge in [0.2, 0.25) is 0 Å². The number of carbonyl (C=O) groups excluding carboxylic acids is 1. The second kappa shape index (κ2) is 6.26. The summed E-state index contributed by atoms with van der Waals surface area (Å²) in [7, 11) is 0. The van der Waals surface area contributed by atoms with E-state index in [-0.39, 0.29) is 24.5 Å². The number of nitrogens with two attached hydrogens (primary N) is 1. The molecule has 108 valence electrons. The van der Waals surface area contributed by atoms with Crippen LogP contribution >= 0.6 is 0 Å². The van der Waals surface area contributed by atoms with Gasteiger partial charge in [0, 0.05) is 19.1 Å². The molecule has 5 nitrogen and oxygen atoms in total. The van der Waals surface area contributed by atoms with Crippen molar-refractivity contribution in [2.75, 3.05) is 19.6 Å². The van der Waals surface area contributed by atoms with Crippen LogP contribution in [0.25, 0.3) is 0 Å². The number of amidine groups is 1. The quantitative estimate of drug-likeness (QED) is 0.606. The first-order valence-corrected chi connectivity index (χ1v) is 7.46. The lowest BCUT2D eigenvalue weighted by molar-refractivity contribution is 0.125. The van der Waals surface area contributed by atoms with Gasteiger partial charge in [-0.1, -0.05) is 19.8 Å². The Hall–Kier alpha value is -1.26. The molecular formula is C14H26N4O. The van der Waals surface area contributed by atoms with Crippen molar-refractivity contribution in [3.63, 3.8) is 0 Å². The highest BCUT2D eigenvalue weighted by Crippen LogP contribution is 2.25. The number of carbonyl (C=O) groups is 1. The zero-order valence-corrected chi connectivity index (χ0v) is 11.9. The normalized spacial score (nSPS) is 21.6. The molecule has 1 saturated heterocycles. The Morgan fingerprint density at radius 1 is 1.26 bits per heavy atom. The van der Waals surface area contributed by atoms with E-state index >= 15 is 0 Å². The van der Waals surface area contributed by atoms with Gasteiger partial charge in [-0.2, -0.15) is 0 Å². The monoisotopic (exact) mass is 266 g/mol. The number of likely N-dealkylation sites (tertiary alicyclic amines) is 1. The highest BCUT2D eigenvalue weighted by atomic mass is 16.2. The van der Waals surface area contributed by atoms with E-state index in [1.54, 1.807) is 0 Å². The number of amides is 2. The Morgan fingerprint density at radius 3 is 2.37 bits per heavy atom. The molecule has 0 unspecified atom stereocenters. The van der Waals surface area contributed by atoms with Crippen LogP contribution < -0.4 is 5.73 Å². The zero-order chi connectivity index (χ0) is 13.8. The highest BCUT2D eigenvalue weighted by Gasteiger charge is 2.31. The van der Waals surface area contributed by atoms with Crippen LogP contribution in [0, 0.1) is 11.3 Å². The van der Waals surface area contributed by atoms with Crippen molar-refractivity contribution in [3.05, 3.63) is 0 Å². The summed E-state index contributed by atoms with van der Waals surface area (Å²) in [5.41, 5.74) is 5.52. The average molecular weight is 266 g/mol. The molecule has 1 saturated carbocycles. The van der Waals surface area contributed by atoms with Gasteiger partial charge in [0.1, 0.15) is 5.84 Å². The average Bonchev–Trinajstić information content (AvgIpc) is 2.89. The maximum Gasteiger partial charge on any atom is 0.320 e. The number of hydrogen-bond donors (Lipinski definition) is 2. The summed E-state index contributed by atoms with van der Waals surface area (Å²) in [4.78, 5) is 16.4. The Bertz CT molecular complexity index is 330. The van der Waals surface area contributed by atoms with Crippen molar-refractivity contribution in [3.8, 4) is 0 Å². The van der Waals surface area contributed by atoms with Crippen LogP contribution in [0.1, 0.15) is 45.4 Å². The minimum atomic E-state index is 0.0885. The molecule has 2 amide bonds. The highest BCUT2D eigenvalue weighted by molar-refractivity contribution is 5.85. The van der Waals surface area contributed by atoms with Crippen molar-refractivity contribution in [1.82, 2.24) is 9.80 Å². The van der Waals surface area contributed by atoms with Gasteiger partial charge in [0.05, 0.1) is 6.54 Å². The Labute approximate surface area is 115 Å². The summed E-state index contributed by atoms with van der Waals surface area (Å²) in [6, 6.07) is 0.379. The molecule has 0 aromatic heterocycles.